The van der Waals surface area contributed by atoms with Gasteiger partial charge < -0.3 is 9.67 Å². The van der Waals surface area contributed by atoms with E-state index in [0.717, 1.165) is 17.5 Å². The highest BCUT2D eigenvalue weighted by Crippen LogP contribution is 2.19. The van der Waals surface area contributed by atoms with E-state index in [1.165, 1.54) is 16.2 Å². The Kier molecular flexibility index (Phi) is 3.80. The molecule has 0 atom stereocenters. The number of carboxylic acids is 1. The summed E-state index contributed by atoms with van der Waals surface area (Å²) in [6.45, 7) is 1.75. The van der Waals surface area contributed by atoms with Crippen molar-refractivity contribution in [3.05, 3.63) is 58.5 Å². The van der Waals surface area contributed by atoms with Gasteiger partial charge in [-0.05, 0) is 29.2 Å². The van der Waals surface area contributed by atoms with E-state index in [2.05, 4.69) is 6.92 Å². The van der Waals surface area contributed by atoms with Crippen LogP contribution in [0.5, 0.6) is 0 Å². The first-order valence-corrected chi connectivity index (χ1v) is 6.11. The molecule has 0 unspecified atom stereocenters. The van der Waals surface area contributed by atoms with Gasteiger partial charge in [0, 0.05) is 12.3 Å². The number of pyridine rings is 1. The van der Waals surface area contributed by atoms with E-state index in [9.17, 15) is 9.59 Å². The van der Waals surface area contributed by atoms with E-state index >= 15 is 0 Å². The van der Waals surface area contributed by atoms with Gasteiger partial charge in [-0.1, -0.05) is 31.2 Å². The minimum absolute atomic E-state index is 0.308. The fraction of sp³-hybridized carbons (Fsp3) is 0.200. The highest BCUT2D eigenvalue weighted by Gasteiger charge is 2.05. The van der Waals surface area contributed by atoms with Crippen LogP contribution in [0.2, 0.25) is 0 Å². The van der Waals surface area contributed by atoms with Gasteiger partial charge in [0.2, 0.25) is 0 Å². The van der Waals surface area contributed by atoms with Crippen LogP contribution in [-0.2, 0) is 17.8 Å². The van der Waals surface area contributed by atoms with E-state index in [1.807, 2.05) is 24.3 Å². The summed E-state index contributed by atoms with van der Waals surface area (Å²) < 4.78 is 1.20. The van der Waals surface area contributed by atoms with Gasteiger partial charge in [0.15, 0.2) is 0 Å². The fourth-order valence-corrected chi connectivity index (χ4v) is 1.94. The van der Waals surface area contributed by atoms with Crippen molar-refractivity contribution < 1.29 is 9.90 Å². The Morgan fingerprint density at radius 1 is 1.21 bits per heavy atom. The van der Waals surface area contributed by atoms with Crippen LogP contribution in [0.15, 0.2) is 47.4 Å². The summed E-state index contributed by atoms with van der Waals surface area (Å²) in [5.74, 6) is -1.03. The first kappa shape index (κ1) is 13.1. The second-order valence-electron chi connectivity index (χ2n) is 4.33. The van der Waals surface area contributed by atoms with E-state index in [4.69, 9.17) is 5.11 Å². The average molecular weight is 257 g/mol. The van der Waals surface area contributed by atoms with Crippen molar-refractivity contribution in [1.82, 2.24) is 4.57 Å². The van der Waals surface area contributed by atoms with Crippen molar-refractivity contribution in [2.24, 2.45) is 0 Å². The lowest BCUT2D eigenvalue weighted by Gasteiger charge is -2.07. The Labute approximate surface area is 110 Å². The Bertz CT molecular complexity index is 658. The summed E-state index contributed by atoms with van der Waals surface area (Å²) in [7, 11) is 0. The number of aryl methyl sites for hydroxylation is 1. The molecule has 1 N–H and O–H groups in total. The van der Waals surface area contributed by atoms with Crippen molar-refractivity contribution in [2.45, 2.75) is 19.9 Å². The fourth-order valence-electron chi connectivity index (χ4n) is 1.94. The largest absolute Gasteiger partial charge is 0.480 e. The van der Waals surface area contributed by atoms with Crippen molar-refractivity contribution in [3.63, 3.8) is 0 Å². The van der Waals surface area contributed by atoms with Crippen LogP contribution in [-0.4, -0.2) is 15.6 Å². The minimum Gasteiger partial charge on any atom is -0.480 e. The number of benzene rings is 1. The molecule has 0 saturated carbocycles. The van der Waals surface area contributed by atoms with Gasteiger partial charge in [0.1, 0.15) is 6.54 Å². The van der Waals surface area contributed by atoms with E-state index in [1.54, 1.807) is 12.3 Å². The summed E-state index contributed by atoms with van der Waals surface area (Å²) >= 11 is 0. The molecule has 4 heteroatoms. The summed E-state index contributed by atoms with van der Waals surface area (Å²) in [6.07, 6.45) is 2.52. The maximum atomic E-state index is 11.6. The predicted octanol–water partition coefficient (Wildman–Crippen LogP) is 2.16. The van der Waals surface area contributed by atoms with Crippen LogP contribution >= 0.6 is 0 Å². The van der Waals surface area contributed by atoms with Crippen LogP contribution in [0.1, 0.15) is 12.5 Å². The lowest BCUT2D eigenvalue weighted by molar-refractivity contribution is -0.137. The van der Waals surface area contributed by atoms with Crippen LogP contribution in [0.3, 0.4) is 0 Å². The van der Waals surface area contributed by atoms with Crippen molar-refractivity contribution in [3.8, 4) is 11.1 Å². The van der Waals surface area contributed by atoms with Crippen molar-refractivity contribution in [2.75, 3.05) is 0 Å². The van der Waals surface area contributed by atoms with Crippen LogP contribution in [0.4, 0.5) is 0 Å². The smallest absolute Gasteiger partial charge is 0.323 e. The van der Waals surface area contributed by atoms with Gasteiger partial charge >= 0.3 is 5.97 Å². The Hall–Kier alpha value is -2.36. The molecule has 0 aliphatic rings. The minimum atomic E-state index is -1.03. The molecule has 0 bridgehead atoms. The molecule has 1 aromatic carbocycles. The van der Waals surface area contributed by atoms with Crippen molar-refractivity contribution in [1.29, 1.82) is 0 Å². The van der Waals surface area contributed by atoms with E-state index in [-0.39, 0.29) is 12.1 Å². The summed E-state index contributed by atoms with van der Waals surface area (Å²) in [5, 5.41) is 8.78. The summed E-state index contributed by atoms with van der Waals surface area (Å²) in [5.41, 5.74) is 2.72. The van der Waals surface area contributed by atoms with Gasteiger partial charge in [-0.3, -0.25) is 9.59 Å². The third-order valence-electron chi connectivity index (χ3n) is 2.96. The predicted molar refractivity (Wildman–Crippen MR) is 73.2 cm³/mol. The van der Waals surface area contributed by atoms with Crippen LogP contribution < -0.4 is 5.56 Å². The molecular formula is C15H15NO3. The van der Waals surface area contributed by atoms with Crippen LogP contribution in [0.25, 0.3) is 11.1 Å². The lowest BCUT2D eigenvalue weighted by Crippen LogP contribution is -2.22. The third-order valence-corrected chi connectivity index (χ3v) is 2.96. The molecule has 0 aliphatic carbocycles. The van der Waals surface area contributed by atoms with Gasteiger partial charge in [-0.2, -0.15) is 0 Å². The molecule has 1 heterocycles. The third kappa shape index (κ3) is 3.10. The number of aliphatic carboxylic acids is 1. The Morgan fingerprint density at radius 2 is 2.00 bits per heavy atom. The number of hydrogen-bond donors (Lipinski definition) is 1. The second-order valence-corrected chi connectivity index (χ2v) is 4.33. The molecule has 0 aliphatic heterocycles. The number of rotatable bonds is 4. The van der Waals surface area contributed by atoms with Crippen LogP contribution in [0, 0.1) is 0 Å². The average Bonchev–Trinajstić information content (AvgIpc) is 2.41. The normalized spacial score (nSPS) is 10.4. The van der Waals surface area contributed by atoms with Gasteiger partial charge in [0.05, 0.1) is 0 Å². The lowest BCUT2D eigenvalue weighted by atomic mass is 10.0. The molecule has 4 nitrogen and oxygen atoms in total. The second kappa shape index (κ2) is 5.52. The monoisotopic (exact) mass is 257 g/mol. The molecule has 98 valence electrons. The topological polar surface area (TPSA) is 59.3 Å². The van der Waals surface area contributed by atoms with E-state index in [0.29, 0.717) is 0 Å². The van der Waals surface area contributed by atoms with Gasteiger partial charge in [-0.15, -0.1) is 0 Å². The number of aromatic nitrogens is 1. The zero-order valence-corrected chi connectivity index (χ0v) is 10.7. The zero-order chi connectivity index (χ0) is 13.8. The molecule has 0 spiro atoms. The standard InChI is InChI=1S/C15H15NO3/c1-2-11-4-3-5-12(8-11)13-6-7-14(17)16(9-13)10-15(18)19/h3-9H,2,10H2,1H3,(H,18,19). The quantitative estimate of drug-likeness (QED) is 0.913. The molecule has 19 heavy (non-hydrogen) atoms. The number of hydrogen-bond acceptors (Lipinski definition) is 2. The highest BCUT2D eigenvalue weighted by atomic mass is 16.4. The number of carboxylic acid groups (broad SMARTS) is 1. The Morgan fingerprint density at radius 3 is 2.68 bits per heavy atom. The summed E-state index contributed by atoms with van der Waals surface area (Å²) in [4.78, 5) is 22.3. The van der Waals surface area contributed by atoms with Crippen molar-refractivity contribution >= 4 is 5.97 Å². The molecule has 0 fully saturated rings. The number of nitrogens with zero attached hydrogens (tertiary/aromatic N) is 1. The molecule has 1 aromatic heterocycles. The first-order valence-electron chi connectivity index (χ1n) is 6.11. The van der Waals surface area contributed by atoms with E-state index < -0.39 is 5.97 Å². The van der Waals surface area contributed by atoms with Gasteiger partial charge in [0.25, 0.3) is 5.56 Å². The molecule has 2 aromatic rings. The SMILES string of the molecule is CCc1cccc(-c2ccc(=O)n(CC(=O)O)c2)c1. The first-order chi connectivity index (χ1) is 9.10. The highest BCUT2D eigenvalue weighted by molar-refractivity contribution is 5.67. The number of carbonyl (C=O) groups is 1. The molecule has 0 radical (unpaired) electrons. The molecule has 0 saturated heterocycles. The molecule has 2 rings (SSSR count). The maximum Gasteiger partial charge on any atom is 0.323 e. The zero-order valence-electron chi connectivity index (χ0n) is 10.7. The maximum absolute atomic E-state index is 11.6. The molecular weight excluding hydrogens is 242 g/mol. The van der Waals surface area contributed by atoms with Gasteiger partial charge in [-0.25, -0.2) is 0 Å². The summed E-state index contributed by atoms with van der Waals surface area (Å²) in [6, 6.07) is 11.1. The molecule has 0 amide bonds. The Balaban J connectivity index is 2.44.